The van der Waals surface area contributed by atoms with Gasteiger partial charge in [0.05, 0.1) is 5.75 Å². The molecule has 0 spiro atoms. The van der Waals surface area contributed by atoms with Gasteiger partial charge in [-0.3, -0.25) is 14.4 Å². The molecule has 0 unspecified atom stereocenters. The van der Waals surface area contributed by atoms with Crippen molar-refractivity contribution in [2.45, 2.75) is 11.5 Å². The summed E-state index contributed by atoms with van der Waals surface area (Å²) in [6.45, 7) is 0.429. The van der Waals surface area contributed by atoms with E-state index in [-0.39, 0.29) is 17.2 Å². The predicted molar refractivity (Wildman–Crippen MR) is 176 cm³/mol. The molecule has 0 radical (unpaired) electrons. The van der Waals surface area contributed by atoms with Gasteiger partial charge >= 0.3 is 0 Å². The molecule has 0 aromatic heterocycles. The molecule has 5 rings (SSSR count). The third-order valence-electron chi connectivity index (χ3n) is 6.62. The molecule has 0 aliphatic carbocycles. The van der Waals surface area contributed by atoms with E-state index in [9.17, 15) is 18.8 Å². The van der Waals surface area contributed by atoms with Gasteiger partial charge in [-0.25, -0.2) is 4.39 Å². The van der Waals surface area contributed by atoms with E-state index in [1.54, 1.807) is 66.7 Å². The monoisotopic (exact) mass is 616 g/mol. The molecule has 5 aromatic carbocycles. The van der Waals surface area contributed by atoms with Crippen LogP contribution in [0.5, 0.6) is 5.75 Å². The fraction of sp³-hybridized carbons (Fsp3) is 0.0541. The highest BCUT2D eigenvalue weighted by Gasteiger charge is 2.15. The Labute approximate surface area is 265 Å². The topological polar surface area (TPSA) is 84.5 Å². The molecule has 0 heterocycles. The lowest BCUT2D eigenvalue weighted by atomic mass is 10.1. The van der Waals surface area contributed by atoms with Crippen LogP contribution < -0.4 is 15.4 Å². The third kappa shape index (κ3) is 9.26. The van der Waals surface area contributed by atoms with Crippen LogP contribution in [0.4, 0.5) is 10.1 Å². The van der Waals surface area contributed by atoms with Gasteiger partial charge in [-0.2, -0.15) is 0 Å². The van der Waals surface area contributed by atoms with Crippen LogP contribution in [0.25, 0.3) is 6.08 Å². The molecule has 0 fully saturated rings. The highest BCUT2D eigenvalue weighted by molar-refractivity contribution is 8.00. The van der Waals surface area contributed by atoms with Gasteiger partial charge in [-0.05, 0) is 90.0 Å². The lowest BCUT2D eigenvalue weighted by molar-refractivity contribution is -0.113. The summed E-state index contributed by atoms with van der Waals surface area (Å²) in [6.07, 6.45) is 1.60. The van der Waals surface area contributed by atoms with E-state index < -0.39 is 17.6 Å². The van der Waals surface area contributed by atoms with E-state index in [1.807, 2.05) is 48.5 Å². The summed E-state index contributed by atoms with van der Waals surface area (Å²) in [5, 5.41) is 5.57. The molecular weight excluding hydrogens is 587 g/mol. The molecule has 45 heavy (non-hydrogen) atoms. The average molecular weight is 617 g/mol. The minimum atomic E-state index is -0.504. The number of rotatable bonds is 12. The standard InChI is InChI=1S/C37H29FN2O4S/c38-30-15-13-28(14-16-30)35(41)25-45-33-21-17-31(18-22-33)39-37(43)34(40-36(42)29-9-5-2-6-10-29)23-26-11-19-32(20-12-26)44-24-27-7-3-1-4-8-27/h1-23H,24-25H2,(H,39,43)(H,40,42)/b34-23-. The molecular formula is C37H29FN2O4S. The fourth-order valence-electron chi connectivity index (χ4n) is 4.21. The lowest BCUT2D eigenvalue weighted by Crippen LogP contribution is -2.30. The molecule has 224 valence electrons. The second kappa shape index (κ2) is 15.3. The first-order valence-electron chi connectivity index (χ1n) is 14.1. The van der Waals surface area contributed by atoms with Crippen molar-refractivity contribution >= 4 is 41.1 Å². The molecule has 8 heteroatoms. The maximum absolute atomic E-state index is 13.4. The van der Waals surface area contributed by atoms with Crippen LogP contribution in [0, 0.1) is 5.82 Å². The summed E-state index contributed by atoms with van der Waals surface area (Å²) in [7, 11) is 0. The van der Waals surface area contributed by atoms with Crippen LogP contribution in [-0.2, 0) is 11.4 Å². The first-order chi connectivity index (χ1) is 21.9. The Hall–Kier alpha value is -5.47. The van der Waals surface area contributed by atoms with Crippen molar-refractivity contribution < 1.29 is 23.5 Å². The summed E-state index contributed by atoms with van der Waals surface area (Å²) in [5.41, 5.74) is 3.17. The third-order valence-corrected chi connectivity index (χ3v) is 7.63. The number of nitrogens with one attached hydrogen (secondary N) is 2. The SMILES string of the molecule is O=C(Nc1ccc(SCC(=O)c2ccc(F)cc2)cc1)/C(=C/c1ccc(OCc2ccccc2)cc1)NC(=O)c1ccccc1. The molecule has 6 nitrogen and oxygen atoms in total. The fourth-order valence-corrected chi connectivity index (χ4v) is 5.00. The van der Waals surface area contributed by atoms with E-state index in [1.165, 1.54) is 36.0 Å². The quantitative estimate of drug-likeness (QED) is 0.0850. The summed E-state index contributed by atoms with van der Waals surface area (Å²) < 4.78 is 19.0. The number of ether oxygens (including phenoxy) is 1. The second-order valence-electron chi connectivity index (χ2n) is 9.92. The van der Waals surface area contributed by atoms with Crippen molar-refractivity contribution in [1.82, 2.24) is 5.32 Å². The van der Waals surface area contributed by atoms with E-state index in [4.69, 9.17) is 4.74 Å². The van der Waals surface area contributed by atoms with Crippen molar-refractivity contribution in [1.29, 1.82) is 0 Å². The normalized spacial score (nSPS) is 11.0. The molecule has 0 aliphatic heterocycles. The van der Waals surface area contributed by atoms with E-state index in [0.29, 0.717) is 34.7 Å². The lowest BCUT2D eigenvalue weighted by Gasteiger charge is -2.12. The number of Topliss-reactive ketones (excluding diaryl/α,β-unsaturated/α-hetero) is 1. The number of hydrogen-bond acceptors (Lipinski definition) is 5. The van der Waals surface area contributed by atoms with Gasteiger partial charge in [0.1, 0.15) is 23.9 Å². The summed E-state index contributed by atoms with van der Waals surface area (Å²) in [4.78, 5) is 39.6. The second-order valence-corrected chi connectivity index (χ2v) is 11.0. The smallest absolute Gasteiger partial charge is 0.272 e. The minimum absolute atomic E-state index is 0.0603. The van der Waals surface area contributed by atoms with E-state index in [2.05, 4.69) is 10.6 Å². The maximum Gasteiger partial charge on any atom is 0.272 e. The molecule has 5 aromatic rings. The van der Waals surface area contributed by atoms with E-state index >= 15 is 0 Å². The number of carbonyl (C=O) groups is 3. The van der Waals surface area contributed by atoms with Crippen molar-refractivity contribution in [2.24, 2.45) is 0 Å². The number of thioether (sulfide) groups is 1. The van der Waals surface area contributed by atoms with Crippen LogP contribution in [0.15, 0.2) is 144 Å². The van der Waals surface area contributed by atoms with Crippen molar-refractivity contribution in [3.63, 3.8) is 0 Å². The summed E-state index contributed by atoms with van der Waals surface area (Å²) >= 11 is 1.34. The molecule has 0 atom stereocenters. The van der Waals surface area contributed by atoms with Gasteiger partial charge < -0.3 is 15.4 Å². The zero-order valence-electron chi connectivity index (χ0n) is 24.1. The van der Waals surface area contributed by atoms with Crippen LogP contribution >= 0.6 is 11.8 Å². The Kier molecular flexibility index (Phi) is 10.5. The minimum Gasteiger partial charge on any atom is -0.489 e. The largest absolute Gasteiger partial charge is 0.489 e. The number of carbonyl (C=O) groups excluding carboxylic acids is 3. The number of hydrogen-bond donors (Lipinski definition) is 2. The van der Waals surface area contributed by atoms with Gasteiger partial charge in [-0.1, -0.05) is 60.7 Å². The molecule has 0 bridgehead atoms. The van der Waals surface area contributed by atoms with Crippen LogP contribution in [0.3, 0.4) is 0 Å². The Morgan fingerprint density at radius 3 is 2.02 bits per heavy atom. The van der Waals surface area contributed by atoms with Crippen LogP contribution in [0.1, 0.15) is 31.8 Å². The molecule has 0 saturated heterocycles. The van der Waals surface area contributed by atoms with Gasteiger partial charge in [0.15, 0.2) is 5.78 Å². The van der Waals surface area contributed by atoms with Crippen molar-refractivity contribution in [3.05, 3.63) is 167 Å². The summed E-state index contributed by atoms with van der Waals surface area (Å²) in [5.74, 6) is -0.569. The molecule has 0 saturated carbocycles. The molecule has 2 amide bonds. The van der Waals surface area contributed by atoms with Gasteiger partial charge in [0, 0.05) is 21.7 Å². The number of halogens is 1. The maximum atomic E-state index is 13.4. The average Bonchev–Trinajstić information content (AvgIpc) is 3.08. The zero-order valence-corrected chi connectivity index (χ0v) is 24.9. The number of amides is 2. The van der Waals surface area contributed by atoms with Gasteiger partial charge in [0.25, 0.3) is 11.8 Å². The highest BCUT2D eigenvalue weighted by atomic mass is 32.2. The number of benzene rings is 5. The Morgan fingerprint density at radius 1 is 0.711 bits per heavy atom. The van der Waals surface area contributed by atoms with Crippen LogP contribution in [-0.4, -0.2) is 23.4 Å². The molecule has 0 aliphatic rings. The Bertz CT molecular complexity index is 1780. The number of anilines is 1. The number of ketones is 1. The predicted octanol–water partition coefficient (Wildman–Crippen LogP) is 7.79. The van der Waals surface area contributed by atoms with Crippen molar-refractivity contribution in [3.8, 4) is 5.75 Å². The van der Waals surface area contributed by atoms with Gasteiger partial charge in [-0.15, -0.1) is 11.8 Å². The summed E-state index contributed by atoms with van der Waals surface area (Å²) in [6, 6.07) is 38.2. The Balaban J connectivity index is 1.25. The zero-order chi connectivity index (χ0) is 31.4. The highest BCUT2D eigenvalue weighted by Crippen LogP contribution is 2.22. The van der Waals surface area contributed by atoms with Crippen molar-refractivity contribution in [2.75, 3.05) is 11.1 Å². The van der Waals surface area contributed by atoms with E-state index in [0.717, 1.165) is 10.5 Å². The molecule has 2 N–H and O–H groups in total. The first kappa shape index (κ1) is 31.0. The van der Waals surface area contributed by atoms with Gasteiger partial charge in [0.2, 0.25) is 0 Å². The first-order valence-corrected chi connectivity index (χ1v) is 15.1. The Morgan fingerprint density at radius 2 is 1.36 bits per heavy atom. The van der Waals surface area contributed by atoms with Crippen LogP contribution in [0.2, 0.25) is 0 Å².